The summed E-state index contributed by atoms with van der Waals surface area (Å²) in [4.78, 5) is 8.85. The van der Waals surface area contributed by atoms with Gasteiger partial charge in [-0.2, -0.15) is 5.26 Å². The summed E-state index contributed by atoms with van der Waals surface area (Å²) in [6.07, 6.45) is 0. The van der Waals surface area contributed by atoms with Crippen molar-refractivity contribution in [3.63, 3.8) is 0 Å². The molecule has 0 bridgehead atoms. The van der Waals surface area contributed by atoms with Crippen LogP contribution in [0.4, 0.5) is 0 Å². The minimum atomic E-state index is -0.574. The van der Waals surface area contributed by atoms with E-state index >= 15 is 0 Å². The summed E-state index contributed by atoms with van der Waals surface area (Å²) in [7, 11) is 1.60. The van der Waals surface area contributed by atoms with Crippen LogP contribution in [0.25, 0.3) is 11.0 Å². The van der Waals surface area contributed by atoms with Crippen LogP contribution in [0.2, 0.25) is 5.15 Å². The van der Waals surface area contributed by atoms with Gasteiger partial charge in [0.15, 0.2) is 5.15 Å². The molecule has 0 unspecified atom stereocenters. The zero-order chi connectivity index (χ0) is 15.5. The Morgan fingerprint density at radius 3 is 2.27 bits per heavy atom. The third kappa shape index (κ3) is 2.59. The zero-order valence-electron chi connectivity index (χ0n) is 11.8. The van der Waals surface area contributed by atoms with E-state index in [9.17, 15) is 5.26 Å². The van der Waals surface area contributed by atoms with Crippen molar-refractivity contribution in [3.8, 4) is 11.8 Å². The highest BCUT2D eigenvalue weighted by Gasteiger charge is 2.20. The molecule has 3 aromatic rings. The second-order valence-corrected chi connectivity index (χ2v) is 5.08. The third-order valence-electron chi connectivity index (χ3n) is 3.40. The fourth-order valence-corrected chi connectivity index (χ4v) is 2.51. The first kappa shape index (κ1) is 14.3. The quantitative estimate of drug-likeness (QED) is 0.735. The highest BCUT2D eigenvalue weighted by Crippen LogP contribution is 2.29. The van der Waals surface area contributed by atoms with Crippen LogP contribution in [-0.4, -0.2) is 17.1 Å². The highest BCUT2D eigenvalue weighted by atomic mass is 35.5. The monoisotopic (exact) mass is 309 g/mol. The third-order valence-corrected chi connectivity index (χ3v) is 3.68. The lowest BCUT2D eigenvalue weighted by Crippen LogP contribution is -2.04. The van der Waals surface area contributed by atoms with Crippen LogP contribution in [0, 0.1) is 11.3 Å². The number of hydrogen-bond donors (Lipinski definition) is 0. The van der Waals surface area contributed by atoms with Gasteiger partial charge in [0.25, 0.3) is 0 Å². The van der Waals surface area contributed by atoms with Gasteiger partial charge in [-0.3, -0.25) is 0 Å². The number of halogens is 1. The summed E-state index contributed by atoms with van der Waals surface area (Å²) >= 11 is 6.24. The minimum Gasteiger partial charge on any atom is -0.497 e. The van der Waals surface area contributed by atoms with Crippen molar-refractivity contribution in [2.75, 3.05) is 7.11 Å². The summed E-state index contributed by atoms with van der Waals surface area (Å²) in [5.74, 6) is 0.159. The Morgan fingerprint density at radius 2 is 1.68 bits per heavy atom. The van der Waals surface area contributed by atoms with Crippen LogP contribution in [0.15, 0.2) is 48.5 Å². The molecule has 3 rings (SSSR count). The van der Waals surface area contributed by atoms with Crippen molar-refractivity contribution in [3.05, 3.63) is 64.9 Å². The van der Waals surface area contributed by atoms with Crippen molar-refractivity contribution in [2.24, 2.45) is 0 Å². The minimum absolute atomic E-state index is 0.251. The molecule has 0 amide bonds. The summed E-state index contributed by atoms with van der Waals surface area (Å²) < 4.78 is 5.13. The van der Waals surface area contributed by atoms with Gasteiger partial charge in [-0.15, -0.1) is 0 Å². The fourth-order valence-electron chi connectivity index (χ4n) is 2.27. The molecule has 5 heteroatoms. The van der Waals surface area contributed by atoms with E-state index < -0.39 is 5.92 Å². The number of para-hydroxylation sites is 2. The molecule has 0 spiro atoms. The van der Waals surface area contributed by atoms with Crippen LogP contribution < -0.4 is 4.74 Å². The Morgan fingerprint density at radius 1 is 1.05 bits per heavy atom. The van der Waals surface area contributed by atoms with Gasteiger partial charge in [0, 0.05) is 0 Å². The smallest absolute Gasteiger partial charge is 0.152 e. The maximum absolute atomic E-state index is 9.55. The molecule has 4 nitrogen and oxygen atoms in total. The molecule has 108 valence electrons. The lowest BCUT2D eigenvalue weighted by Gasteiger charge is -2.12. The van der Waals surface area contributed by atoms with Crippen molar-refractivity contribution in [1.29, 1.82) is 5.26 Å². The first-order chi connectivity index (χ1) is 10.7. The van der Waals surface area contributed by atoms with Crippen molar-refractivity contribution >= 4 is 22.6 Å². The van der Waals surface area contributed by atoms with Gasteiger partial charge in [-0.25, -0.2) is 9.97 Å². The second-order valence-electron chi connectivity index (χ2n) is 4.72. The zero-order valence-corrected chi connectivity index (χ0v) is 12.6. The SMILES string of the molecule is COc1ccc([C@H](C#N)c2nc3ccccc3nc2Cl)cc1. The Hall–Kier alpha value is -2.64. The molecule has 1 aromatic heterocycles. The number of nitriles is 1. The van der Waals surface area contributed by atoms with E-state index in [2.05, 4.69) is 16.0 Å². The van der Waals surface area contributed by atoms with Gasteiger partial charge in [-0.05, 0) is 29.8 Å². The lowest BCUT2D eigenvalue weighted by molar-refractivity contribution is 0.414. The number of ether oxygens (including phenoxy) is 1. The Balaban J connectivity index is 2.10. The normalized spacial score (nSPS) is 11.9. The maximum atomic E-state index is 9.55. The molecule has 0 radical (unpaired) electrons. The largest absolute Gasteiger partial charge is 0.497 e. The Labute approximate surface area is 133 Å². The molecule has 0 aliphatic rings. The molecular formula is C17H12ClN3O. The second kappa shape index (κ2) is 6.00. The van der Waals surface area contributed by atoms with Crippen LogP contribution in [-0.2, 0) is 0 Å². The highest BCUT2D eigenvalue weighted by molar-refractivity contribution is 6.30. The van der Waals surface area contributed by atoms with Crippen molar-refractivity contribution in [2.45, 2.75) is 5.92 Å². The summed E-state index contributed by atoms with van der Waals surface area (Å²) in [5, 5.41) is 9.80. The van der Waals surface area contributed by atoms with E-state index in [0.717, 1.165) is 16.8 Å². The van der Waals surface area contributed by atoms with Crippen molar-refractivity contribution in [1.82, 2.24) is 9.97 Å². The van der Waals surface area contributed by atoms with Gasteiger partial charge in [0.05, 0.1) is 24.2 Å². The molecule has 0 N–H and O–H groups in total. The Bertz CT molecular complexity index is 856. The first-order valence-electron chi connectivity index (χ1n) is 6.68. The van der Waals surface area contributed by atoms with E-state index in [1.54, 1.807) is 7.11 Å². The predicted molar refractivity (Wildman–Crippen MR) is 85.0 cm³/mol. The van der Waals surface area contributed by atoms with E-state index in [4.69, 9.17) is 16.3 Å². The van der Waals surface area contributed by atoms with Gasteiger partial charge < -0.3 is 4.74 Å². The molecule has 0 fully saturated rings. The van der Waals surface area contributed by atoms with Crippen LogP contribution >= 0.6 is 11.6 Å². The lowest BCUT2D eigenvalue weighted by atomic mass is 9.97. The fraction of sp³-hybridized carbons (Fsp3) is 0.118. The molecule has 0 aliphatic carbocycles. The number of nitrogens with zero attached hydrogens (tertiary/aromatic N) is 3. The molecular weight excluding hydrogens is 298 g/mol. The van der Waals surface area contributed by atoms with Crippen LogP contribution in [0.3, 0.4) is 0 Å². The number of aromatic nitrogens is 2. The molecule has 1 heterocycles. The van der Waals surface area contributed by atoms with Crippen LogP contribution in [0.5, 0.6) is 5.75 Å². The number of rotatable bonds is 3. The number of methoxy groups -OCH3 is 1. The first-order valence-corrected chi connectivity index (χ1v) is 7.06. The molecule has 2 aromatic carbocycles. The van der Waals surface area contributed by atoms with E-state index in [1.807, 2.05) is 48.5 Å². The van der Waals surface area contributed by atoms with Crippen LogP contribution in [0.1, 0.15) is 17.2 Å². The van der Waals surface area contributed by atoms with Crippen molar-refractivity contribution < 1.29 is 4.74 Å². The van der Waals surface area contributed by atoms with Gasteiger partial charge in [-0.1, -0.05) is 35.9 Å². The van der Waals surface area contributed by atoms with Gasteiger partial charge in [0.1, 0.15) is 17.4 Å². The average molecular weight is 310 g/mol. The molecule has 0 saturated carbocycles. The Kier molecular flexibility index (Phi) is 3.90. The predicted octanol–water partition coefficient (Wildman–Crippen LogP) is 3.95. The van der Waals surface area contributed by atoms with Gasteiger partial charge >= 0.3 is 0 Å². The van der Waals surface area contributed by atoms with E-state index in [0.29, 0.717) is 11.2 Å². The number of fused-ring (bicyclic) bond motifs is 1. The average Bonchev–Trinajstić information content (AvgIpc) is 2.56. The summed E-state index contributed by atoms with van der Waals surface area (Å²) in [5.41, 5.74) is 2.70. The van der Waals surface area contributed by atoms with E-state index in [-0.39, 0.29) is 5.15 Å². The van der Waals surface area contributed by atoms with Gasteiger partial charge in [0.2, 0.25) is 0 Å². The molecule has 22 heavy (non-hydrogen) atoms. The summed E-state index contributed by atoms with van der Waals surface area (Å²) in [6, 6.07) is 17.0. The summed E-state index contributed by atoms with van der Waals surface area (Å²) in [6.45, 7) is 0. The molecule has 0 saturated heterocycles. The topological polar surface area (TPSA) is 58.8 Å². The molecule has 1 atom stereocenters. The standard InChI is InChI=1S/C17H12ClN3O/c1-22-12-8-6-11(7-9-12)13(10-19)16-17(18)21-15-5-3-2-4-14(15)20-16/h2-9,13H,1H3/t13-/m0/s1. The number of benzene rings is 2. The molecule has 0 aliphatic heterocycles. The number of hydrogen-bond acceptors (Lipinski definition) is 4. The van der Waals surface area contributed by atoms with E-state index in [1.165, 1.54) is 0 Å². The maximum Gasteiger partial charge on any atom is 0.152 e.